The Labute approximate surface area is 170 Å². The van der Waals surface area contributed by atoms with E-state index in [0.717, 1.165) is 5.52 Å². The summed E-state index contributed by atoms with van der Waals surface area (Å²) >= 11 is 12.0. The van der Waals surface area contributed by atoms with Crippen molar-refractivity contribution in [2.45, 2.75) is 13.0 Å². The SMILES string of the molecule is Cn1cc(CC(=O)NC(N)=NCc2cc(Cl)c(N)c(Cl)c2)c2cc(F)ccc21. The lowest BCUT2D eigenvalue weighted by Gasteiger charge is -2.06. The number of anilines is 1. The van der Waals surface area contributed by atoms with Crippen molar-refractivity contribution < 1.29 is 9.18 Å². The van der Waals surface area contributed by atoms with Crippen LogP contribution in [0.3, 0.4) is 0 Å². The molecule has 5 N–H and O–H groups in total. The van der Waals surface area contributed by atoms with Crippen molar-refractivity contribution in [2.75, 3.05) is 5.73 Å². The summed E-state index contributed by atoms with van der Waals surface area (Å²) in [6, 6.07) is 7.72. The molecule has 0 bridgehead atoms. The number of halogens is 3. The van der Waals surface area contributed by atoms with E-state index in [1.807, 2.05) is 11.6 Å². The molecule has 6 nitrogen and oxygen atoms in total. The zero-order chi connectivity index (χ0) is 20.4. The predicted molar refractivity (Wildman–Crippen MR) is 111 cm³/mol. The number of carbonyl (C=O) groups is 1. The zero-order valence-corrected chi connectivity index (χ0v) is 16.5. The molecule has 0 atom stereocenters. The number of guanidine groups is 1. The summed E-state index contributed by atoms with van der Waals surface area (Å²) in [6.45, 7) is 0.172. The quantitative estimate of drug-likeness (QED) is 0.342. The molecule has 0 radical (unpaired) electrons. The number of nitrogens with two attached hydrogens (primary N) is 2. The van der Waals surface area contributed by atoms with Gasteiger partial charge >= 0.3 is 0 Å². The highest BCUT2D eigenvalue weighted by molar-refractivity contribution is 6.38. The molecule has 0 aliphatic heterocycles. The molecule has 1 heterocycles. The Kier molecular flexibility index (Phi) is 5.76. The molecule has 0 fully saturated rings. The van der Waals surface area contributed by atoms with Gasteiger partial charge in [-0.2, -0.15) is 0 Å². The normalized spacial score (nSPS) is 11.8. The van der Waals surface area contributed by atoms with Gasteiger partial charge in [0.05, 0.1) is 28.7 Å². The molecule has 0 aliphatic carbocycles. The standard InChI is InChI=1S/C19H18Cl2FN5O/c1-27-9-11(13-7-12(22)2-3-16(13)27)6-17(28)26-19(24)25-8-10-4-14(20)18(23)15(21)5-10/h2-5,7,9H,6,8,23H2,1H3,(H3,24,25,26,28). The Bertz CT molecular complexity index is 1070. The van der Waals surface area contributed by atoms with E-state index < -0.39 is 0 Å². The van der Waals surface area contributed by atoms with Crippen LogP contribution in [0.15, 0.2) is 41.5 Å². The monoisotopic (exact) mass is 421 g/mol. The van der Waals surface area contributed by atoms with Gasteiger partial charge in [0.2, 0.25) is 5.91 Å². The fraction of sp³-hybridized carbons (Fsp3) is 0.158. The Balaban J connectivity index is 1.68. The highest BCUT2D eigenvalue weighted by atomic mass is 35.5. The summed E-state index contributed by atoms with van der Waals surface area (Å²) < 4.78 is 15.4. The largest absolute Gasteiger partial charge is 0.396 e. The van der Waals surface area contributed by atoms with Gasteiger partial charge in [0.15, 0.2) is 5.96 Å². The lowest BCUT2D eigenvalue weighted by molar-refractivity contribution is -0.119. The van der Waals surface area contributed by atoms with Crippen LogP contribution in [0.4, 0.5) is 10.1 Å². The van der Waals surface area contributed by atoms with Crippen molar-refractivity contribution in [3.8, 4) is 0 Å². The van der Waals surface area contributed by atoms with Crippen molar-refractivity contribution in [3.05, 3.63) is 63.5 Å². The van der Waals surface area contributed by atoms with Crippen molar-refractivity contribution in [1.82, 2.24) is 9.88 Å². The zero-order valence-electron chi connectivity index (χ0n) is 15.0. The number of hydrogen-bond donors (Lipinski definition) is 3. The number of aryl methyl sites for hydroxylation is 1. The predicted octanol–water partition coefficient (Wildman–Crippen LogP) is 3.38. The number of aromatic nitrogens is 1. The molecular weight excluding hydrogens is 404 g/mol. The summed E-state index contributed by atoms with van der Waals surface area (Å²) in [5, 5.41) is 3.85. The van der Waals surface area contributed by atoms with Gasteiger partial charge in [-0.1, -0.05) is 23.2 Å². The number of nitrogen functional groups attached to an aromatic ring is 1. The second-order valence-electron chi connectivity index (χ2n) is 6.33. The van der Waals surface area contributed by atoms with Gasteiger partial charge in [-0.3, -0.25) is 10.1 Å². The molecule has 1 aromatic heterocycles. The van der Waals surface area contributed by atoms with Crippen LogP contribution >= 0.6 is 23.2 Å². The maximum Gasteiger partial charge on any atom is 0.231 e. The molecule has 0 aliphatic rings. The molecule has 3 rings (SSSR count). The van der Waals surface area contributed by atoms with Crippen molar-refractivity contribution in [3.63, 3.8) is 0 Å². The van der Waals surface area contributed by atoms with Gasteiger partial charge in [0, 0.05) is 24.1 Å². The van der Waals surface area contributed by atoms with Gasteiger partial charge in [-0.25, -0.2) is 9.38 Å². The maximum atomic E-state index is 13.5. The third-order valence-corrected chi connectivity index (χ3v) is 4.85. The number of benzene rings is 2. The third kappa shape index (κ3) is 4.37. The smallest absolute Gasteiger partial charge is 0.231 e. The number of aliphatic imine (C=N–C) groups is 1. The highest BCUT2D eigenvalue weighted by Gasteiger charge is 2.12. The van der Waals surface area contributed by atoms with Crippen LogP contribution < -0.4 is 16.8 Å². The Hall–Kier alpha value is -2.77. The fourth-order valence-electron chi connectivity index (χ4n) is 2.89. The summed E-state index contributed by atoms with van der Waals surface area (Å²) in [5.41, 5.74) is 14.0. The molecule has 0 saturated heterocycles. The molecule has 2 aromatic carbocycles. The van der Waals surface area contributed by atoms with E-state index in [-0.39, 0.29) is 30.6 Å². The number of rotatable bonds is 4. The first-order chi connectivity index (χ1) is 13.2. The van der Waals surface area contributed by atoms with E-state index in [9.17, 15) is 9.18 Å². The highest BCUT2D eigenvalue weighted by Crippen LogP contribution is 2.29. The van der Waals surface area contributed by atoms with Crippen LogP contribution in [-0.2, 0) is 24.8 Å². The first-order valence-corrected chi connectivity index (χ1v) is 9.07. The lowest BCUT2D eigenvalue weighted by atomic mass is 10.1. The van der Waals surface area contributed by atoms with Crippen LogP contribution in [0.2, 0.25) is 10.0 Å². The average molecular weight is 422 g/mol. The van der Waals surface area contributed by atoms with E-state index in [0.29, 0.717) is 32.2 Å². The van der Waals surface area contributed by atoms with Gasteiger partial charge in [0.1, 0.15) is 5.82 Å². The van der Waals surface area contributed by atoms with Crippen molar-refractivity contribution >= 4 is 51.7 Å². The fourth-order valence-corrected chi connectivity index (χ4v) is 3.42. The minimum atomic E-state index is -0.359. The second kappa shape index (κ2) is 8.08. The van der Waals surface area contributed by atoms with Crippen LogP contribution in [0.1, 0.15) is 11.1 Å². The van der Waals surface area contributed by atoms with Crippen molar-refractivity contribution in [2.24, 2.45) is 17.8 Å². The van der Waals surface area contributed by atoms with Crippen LogP contribution in [-0.4, -0.2) is 16.4 Å². The lowest BCUT2D eigenvalue weighted by Crippen LogP contribution is -2.37. The summed E-state index contributed by atoms with van der Waals surface area (Å²) in [4.78, 5) is 16.4. The van der Waals surface area contributed by atoms with E-state index in [1.54, 1.807) is 24.4 Å². The Morgan fingerprint density at radius 1 is 1.25 bits per heavy atom. The van der Waals surface area contributed by atoms with E-state index in [1.165, 1.54) is 12.1 Å². The van der Waals surface area contributed by atoms with Crippen molar-refractivity contribution in [1.29, 1.82) is 0 Å². The molecule has 146 valence electrons. The van der Waals surface area contributed by atoms with E-state index in [4.69, 9.17) is 34.7 Å². The average Bonchev–Trinajstić information content (AvgIpc) is 2.92. The number of fused-ring (bicyclic) bond motifs is 1. The molecule has 0 unspecified atom stereocenters. The maximum absolute atomic E-state index is 13.5. The molecule has 0 spiro atoms. The van der Waals surface area contributed by atoms with Gasteiger partial charge < -0.3 is 16.0 Å². The third-order valence-electron chi connectivity index (χ3n) is 4.22. The van der Waals surface area contributed by atoms with Crippen LogP contribution in [0.25, 0.3) is 10.9 Å². The number of amides is 1. The second-order valence-corrected chi connectivity index (χ2v) is 7.14. The first kappa shape index (κ1) is 20.0. The molecule has 3 aromatic rings. The van der Waals surface area contributed by atoms with Crippen LogP contribution in [0, 0.1) is 5.82 Å². The van der Waals surface area contributed by atoms with Gasteiger partial charge in [-0.05, 0) is 41.5 Å². The number of nitrogens with one attached hydrogen (secondary N) is 1. The summed E-state index contributed by atoms with van der Waals surface area (Å²) in [7, 11) is 1.83. The molecule has 9 heteroatoms. The molecule has 1 amide bonds. The van der Waals surface area contributed by atoms with E-state index in [2.05, 4.69) is 10.3 Å². The summed E-state index contributed by atoms with van der Waals surface area (Å²) in [6.07, 6.45) is 1.83. The topological polar surface area (TPSA) is 98.4 Å². The Morgan fingerprint density at radius 3 is 2.61 bits per heavy atom. The number of hydrogen-bond acceptors (Lipinski definition) is 3. The van der Waals surface area contributed by atoms with Gasteiger partial charge in [-0.15, -0.1) is 0 Å². The number of carbonyl (C=O) groups excluding carboxylic acids is 1. The Morgan fingerprint density at radius 2 is 1.93 bits per heavy atom. The first-order valence-electron chi connectivity index (χ1n) is 8.31. The minimum absolute atomic E-state index is 0.0382. The van der Waals surface area contributed by atoms with Crippen LogP contribution in [0.5, 0.6) is 0 Å². The van der Waals surface area contributed by atoms with Gasteiger partial charge in [0.25, 0.3) is 0 Å². The summed E-state index contributed by atoms with van der Waals surface area (Å²) in [5.74, 6) is -0.755. The van der Waals surface area contributed by atoms with E-state index >= 15 is 0 Å². The molecule has 0 saturated carbocycles. The number of nitrogens with zero attached hydrogens (tertiary/aromatic N) is 2. The minimum Gasteiger partial charge on any atom is -0.396 e. The molecular formula is C19H18Cl2FN5O. The molecule has 28 heavy (non-hydrogen) atoms.